The summed E-state index contributed by atoms with van der Waals surface area (Å²) in [5.41, 5.74) is 1.74. The number of hydrogen-bond acceptors (Lipinski definition) is 1. The molecule has 1 rings (SSSR count). The van der Waals surface area contributed by atoms with Crippen LogP contribution in [-0.4, -0.2) is 12.6 Å². The number of nitrogens with one attached hydrogen (secondary N) is 2. The molecule has 0 fully saturated rings. The zero-order valence-electron chi connectivity index (χ0n) is 10.5. The van der Waals surface area contributed by atoms with Gasteiger partial charge in [-0.15, -0.1) is 0 Å². The second-order valence-electron chi connectivity index (χ2n) is 4.52. The summed E-state index contributed by atoms with van der Waals surface area (Å²) in [6.45, 7) is 6.87. The van der Waals surface area contributed by atoms with Crippen LogP contribution in [0.25, 0.3) is 0 Å². The van der Waals surface area contributed by atoms with Crippen molar-refractivity contribution in [3.05, 3.63) is 28.8 Å². The van der Waals surface area contributed by atoms with Crippen molar-refractivity contribution in [2.24, 2.45) is 5.92 Å². The molecule has 0 saturated heterocycles. The van der Waals surface area contributed by atoms with Crippen LogP contribution in [-0.2, 0) is 0 Å². The predicted molar refractivity (Wildman–Crippen MR) is 72.7 cm³/mol. The number of rotatable bonds is 4. The number of carbonyl (C=O) groups excluding carboxylic acids is 1. The van der Waals surface area contributed by atoms with Gasteiger partial charge in [0.15, 0.2) is 0 Å². The lowest BCUT2D eigenvalue weighted by Crippen LogP contribution is -2.30. The molecule has 0 spiro atoms. The maximum atomic E-state index is 11.6. The van der Waals surface area contributed by atoms with E-state index in [1.54, 1.807) is 12.1 Å². The van der Waals surface area contributed by atoms with E-state index in [0.717, 1.165) is 17.7 Å². The summed E-state index contributed by atoms with van der Waals surface area (Å²) in [6.07, 6.45) is 0.974. The number of carbonyl (C=O) groups is 1. The van der Waals surface area contributed by atoms with E-state index in [-0.39, 0.29) is 6.03 Å². The van der Waals surface area contributed by atoms with Crippen molar-refractivity contribution < 1.29 is 4.79 Å². The Labute approximate surface area is 108 Å². The quantitative estimate of drug-likeness (QED) is 0.843. The van der Waals surface area contributed by atoms with Crippen molar-refractivity contribution in [1.29, 1.82) is 0 Å². The van der Waals surface area contributed by atoms with Gasteiger partial charge in [-0.2, -0.15) is 0 Å². The molecule has 17 heavy (non-hydrogen) atoms. The number of anilines is 1. The van der Waals surface area contributed by atoms with Crippen molar-refractivity contribution in [1.82, 2.24) is 5.32 Å². The molecule has 0 aliphatic heterocycles. The Morgan fingerprint density at radius 2 is 2.12 bits per heavy atom. The van der Waals surface area contributed by atoms with Gasteiger partial charge in [0.05, 0.1) is 0 Å². The fourth-order valence-corrected chi connectivity index (χ4v) is 1.54. The minimum absolute atomic E-state index is 0.184. The Morgan fingerprint density at radius 3 is 2.76 bits per heavy atom. The second kappa shape index (κ2) is 6.50. The van der Waals surface area contributed by atoms with Crippen molar-refractivity contribution >= 4 is 23.3 Å². The smallest absolute Gasteiger partial charge is 0.319 e. The molecule has 0 aliphatic carbocycles. The van der Waals surface area contributed by atoms with Gasteiger partial charge < -0.3 is 10.6 Å². The van der Waals surface area contributed by atoms with Crippen molar-refractivity contribution in [2.75, 3.05) is 11.9 Å². The molecule has 2 N–H and O–H groups in total. The molecule has 0 unspecified atom stereocenters. The number of urea groups is 1. The Hall–Kier alpha value is -1.22. The highest BCUT2D eigenvalue weighted by atomic mass is 35.5. The maximum Gasteiger partial charge on any atom is 0.319 e. The molecule has 0 aromatic heterocycles. The maximum absolute atomic E-state index is 11.6. The number of amides is 2. The lowest BCUT2D eigenvalue weighted by molar-refractivity contribution is 0.251. The van der Waals surface area contributed by atoms with E-state index in [2.05, 4.69) is 24.5 Å². The van der Waals surface area contributed by atoms with E-state index in [0.29, 0.717) is 17.5 Å². The van der Waals surface area contributed by atoms with Gasteiger partial charge in [0.1, 0.15) is 0 Å². The molecule has 1 aromatic carbocycles. The largest absolute Gasteiger partial charge is 0.338 e. The molecular weight excluding hydrogens is 236 g/mol. The van der Waals surface area contributed by atoms with Gasteiger partial charge in [0, 0.05) is 17.3 Å². The fraction of sp³-hybridized carbons (Fsp3) is 0.462. The van der Waals surface area contributed by atoms with Crippen molar-refractivity contribution in [2.45, 2.75) is 27.2 Å². The van der Waals surface area contributed by atoms with Crippen LogP contribution < -0.4 is 10.6 Å². The molecule has 3 nitrogen and oxygen atoms in total. The van der Waals surface area contributed by atoms with E-state index in [1.807, 2.05) is 13.0 Å². The van der Waals surface area contributed by atoms with E-state index in [1.165, 1.54) is 0 Å². The first-order valence-corrected chi connectivity index (χ1v) is 6.18. The molecule has 0 radical (unpaired) electrons. The van der Waals surface area contributed by atoms with E-state index in [9.17, 15) is 4.79 Å². The number of halogens is 1. The average Bonchev–Trinajstić information content (AvgIpc) is 2.23. The summed E-state index contributed by atoms with van der Waals surface area (Å²) in [5, 5.41) is 6.22. The van der Waals surface area contributed by atoms with Crippen LogP contribution in [0.1, 0.15) is 25.8 Å². The molecule has 0 aliphatic rings. The highest BCUT2D eigenvalue weighted by Gasteiger charge is 2.04. The summed E-state index contributed by atoms with van der Waals surface area (Å²) in [4.78, 5) is 11.6. The van der Waals surface area contributed by atoms with Crippen molar-refractivity contribution in [3.8, 4) is 0 Å². The van der Waals surface area contributed by atoms with Gasteiger partial charge >= 0.3 is 6.03 Å². The number of hydrogen-bond donors (Lipinski definition) is 2. The molecule has 2 amide bonds. The molecular formula is C13H19ClN2O. The Morgan fingerprint density at radius 1 is 1.41 bits per heavy atom. The highest BCUT2D eigenvalue weighted by molar-refractivity contribution is 6.31. The molecule has 0 bridgehead atoms. The first kappa shape index (κ1) is 13.8. The van der Waals surface area contributed by atoms with Crippen LogP contribution in [0.5, 0.6) is 0 Å². The zero-order valence-corrected chi connectivity index (χ0v) is 11.3. The lowest BCUT2D eigenvalue weighted by Gasteiger charge is -2.11. The van der Waals surface area contributed by atoms with E-state index < -0.39 is 0 Å². The fourth-order valence-electron chi connectivity index (χ4n) is 1.37. The van der Waals surface area contributed by atoms with Crippen LogP contribution in [0.4, 0.5) is 10.5 Å². The Bertz CT molecular complexity index is 391. The minimum Gasteiger partial charge on any atom is -0.338 e. The van der Waals surface area contributed by atoms with Crippen LogP contribution in [0.3, 0.4) is 0 Å². The molecule has 0 heterocycles. The number of aryl methyl sites for hydroxylation is 1. The minimum atomic E-state index is -0.184. The van der Waals surface area contributed by atoms with Gasteiger partial charge in [-0.1, -0.05) is 31.5 Å². The highest BCUT2D eigenvalue weighted by Crippen LogP contribution is 2.19. The summed E-state index contributed by atoms with van der Waals surface area (Å²) in [5.74, 6) is 0.586. The normalized spacial score (nSPS) is 10.4. The first-order chi connectivity index (χ1) is 7.99. The standard InChI is InChI=1S/C13H19ClN2O/c1-9(2)6-7-15-13(17)16-12-8-11(14)5-4-10(12)3/h4-5,8-9H,6-7H2,1-3H3,(H2,15,16,17). The Balaban J connectivity index is 2.47. The first-order valence-electron chi connectivity index (χ1n) is 5.80. The van der Waals surface area contributed by atoms with Crippen LogP contribution in [0.2, 0.25) is 5.02 Å². The van der Waals surface area contributed by atoms with Crippen molar-refractivity contribution in [3.63, 3.8) is 0 Å². The van der Waals surface area contributed by atoms with E-state index >= 15 is 0 Å². The predicted octanol–water partition coefficient (Wildman–Crippen LogP) is 3.82. The van der Waals surface area contributed by atoms with Gasteiger partial charge in [-0.25, -0.2) is 4.79 Å². The van der Waals surface area contributed by atoms with Crippen LogP contribution in [0, 0.1) is 12.8 Å². The summed E-state index contributed by atoms with van der Waals surface area (Å²) < 4.78 is 0. The monoisotopic (exact) mass is 254 g/mol. The molecule has 0 saturated carbocycles. The van der Waals surface area contributed by atoms with Crippen LogP contribution >= 0.6 is 11.6 Å². The molecule has 94 valence electrons. The third-order valence-corrected chi connectivity index (χ3v) is 2.69. The van der Waals surface area contributed by atoms with Gasteiger partial charge in [0.25, 0.3) is 0 Å². The molecule has 4 heteroatoms. The Kier molecular flexibility index (Phi) is 5.29. The second-order valence-corrected chi connectivity index (χ2v) is 4.96. The van der Waals surface area contributed by atoms with Gasteiger partial charge in [-0.05, 0) is 37.0 Å². The molecule has 0 atom stereocenters. The zero-order chi connectivity index (χ0) is 12.8. The number of benzene rings is 1. The molecule has 1 aromatic rings. The van der Waals surface area contributed by atoms with Gasteiger partial charge in [0.2, 0.25) is 0 Å². The summed E-state index contributed by atoms with van der Waals surface area (Å²) in [7, 11) is 0. The summed E-state index contributed by atoms with van der Waals surface area (Å²) >= 11 is 5.87. The van der Waals surface area contributed by atoms with Gasteiger partial charge in [-0.3, -0.25) is 0 Å². The average molecular weight is 255 g/mol. The topological polar surface area (TPSA) is 41.1 Å². The third-order valence-electron chi connectivity index (χ3n) is 2.46. The summed E-state index contributed by atoms with van der Waals surface area (Å²) in [6, 6.07) is 5.25. The SMILES string of the molecule is Cc1ccc(Cl)cc1NC(=O)NCCC(C)C. The third kappa shape index (κ3) is 5.09. The van der Waals surface area contributed by atoms with E-state index in [4.69, 9.17) is 11.6 Å². The van der Waals surface area contributed by atoms with Crippen LogP contribution in [0.15, 0.2) is 18.2 Å². The lowest BCUT2D eigenvalue weighted by atomic mass is 10.1.